The molecule has 18 heavy (non-hydrogen) atoms. The molecule has 0 radical (unpaired) electrons. The lowest BCUT2D eigenvalue weighted by atomic mass is 10.0. The van der Waals surface area contributed by atoms with Crippen LogP contribution in [0.15, 0.2) is 46.9 Å². The van der Waals surface area contributed by atoms with Crippen molar-refractivity contribution in [2.45, 2.75) is 18.4 Å². The van der Waals surface area contributed by atoms with E-state index in [1.54, 1.807) is 6.07 Å². The molecule has 0 saturated heterocycles. The van der Waals surface area contributed by atoms with Gasteiger partial charge >= 0.3 is 0 Å². The monoisotopic (exact) mass is 261 g/mol. The summed E-state index contributed by atoms with van der Waals surface area (Å²) in [4.78, 5) is 0. The highest BCUT2D eigenvalue weighted by Gasteiger charge is 2.44. The molecule has 3 heteroatoms. The molecule has 1 heterocycles. The summed E-state index contributed by atoms with van der Waals surface area (Å²) in [6, 6.07) is 14.7. The molecule has 1 N–H and O–H groups in total. The van der Waals surface area contributed by atoms with Crippen LogP contribution in [0.25, 0.3) is 0 Å². The molecule has 0 amide bonds. The van der Waals surface area contributed by atoms with Crippen molar-refractivity contribution in [2.24, 2.45) is 5.92 Å². The van der Waals surface area contributed by atoms with Crippen LogP contribution in [0.2, 0.25) is 5.22 Å². The van der Waals surface area contributed by atoms with E-state index in [2.05, 4.69) is 35.6 Å². The minimum absolute atomic E-state index is 0.253. The molecule has 94 valence electrons. The van der Waals surface area contributed by atoms with Gasteiger partial charge in [-0.25, -0.2) is 0 Å². The molecule has 1 aromatic carbocycles. The predicted molar refractivity (Wildman–Crippen MR) is 72.8 cm³/mol. The first-order chi connectivity index (χ1) is 8.79. The highest BCUT2D eigenvalue weighted by molar-refractivity contribution is 6.28. The quantitative estimate of drug-likeness (QED) is 0.900. The summed E-state index contributed by atoms with van der Waals surface area (Å²) in [5.74, 6) is 2.16. The van der Waals surface area contributed by atoms with Gasteiger partial charge in [0, 0.05) is 0 Å². The second-order valence-corrected chi connectivity index (χ2v) is 5.20. The van der Waals surface area contributed by atoms with Crippen molar-refractivity contribution < 1.29 is 4.42 Å². The van der Waals surface area contributed by atoms with E-state index in [0.29, 0.717) is 17.1 Å². The number of hydrogen-bond acceptors (Lipinski definition) is 2. The molecule has 2 aromatic rings. The first-order valence-electron chi connectivity index (χ1n) is 6.27. The number of benzene rings is 1. The smallest absolute Gasteiger partial charge is 0.193 e. The maximum absolute atomic E-state index is 5.85. The molecule has 0 aliphatic heterocycles. The van der Waals surface area contributed by atoms with Crippen LogP contribution in [-0.4, -0.2) is 7.05 Å². The van der Waals surface area contributed by atoms with Gasteiger partial charge in [-0.05, 0) is 54.6 Å². The Hall–Kier alpha value is -1.25. The average molecular weight is 262 g/mol. The maximum Gasteiger partial charge on any atom is 0.193 e. The second kappa shape index (κ2) is 4.79. The van der Waals surface area contributed by atoms with Gasteiger partial charge in [0.05, 0.1) is 6.04 Å². The summed E-state index contributed by atoms with van der Waals surface area (Å²) in [5, 5.41) is 3.80. The van der Waals surface area contributed by atoms with Crippen LogP contribution < -0.4 is 5.32 Å². The Balaban J connectivity index is 1.76. The molecule has 1 aliphatic carbocycles. The zero-order valence-corrected chi connectivity index (χ0v) is 11.0. The Morgan fingerprint density at radius 3 is 2.61 bits per heavy atom. The largest absolute Gasteiger partial charge is 0.448 e. The van der Waals surface area contributed by atoms with E-state index in [1.165, 1.54) is 12.0 Å². The van der Waals surface area contributed by atoms with Gasteiger partial charge in [0.25, 0.3) is 0 Å². The first-order valence-corrected chi connectivity index (χ1v) is 6.65. The van der Waals surface area contributed by atoms with Gasteiger partial charge in [-0.15, -0.1) is 0 Å². The Bertz CT molecular complexity index is 522. The zero-order valence-electron chi connectivity index (χ0n) is 10.3. The molecule has 1 aliphatic rings. The molecule has 1 aromatic heterocycles. The van der Waals surface area contributed by atoms with Crippen molar-refractivity contribution in [1.29, 1.82) is 0 Å². The fourth-order valence-corrected chi connectivity index (χ4v) is 2.88. The molecule has 1 fully saturated rings. The minimum Gasteiger partial charge on any atom is -0.448 e. The van der Waals surface area contributed by atoms with Gasteiger partial charge in [0.1, 0.15) is 5.76 Å². The normalized spacial score (nSPS) is 23.9. The Morgan fingerprint density at radius 1 is 1.22 bits per heavy atom. The van der Waals surface area contributed by atoms with Crippen molar-refractivity contribution in [3.8, 4) is 0 Å². The minimum atomic E-state index is 0.253. The van der Waals surface area contributed by atoms with Crippen LogP contribution in [-0.2, 0) is 0 Å². The fraction of sp³-hybridized carbons (Fsp3) is 0.333. The van der Waals surface area contributed by atoms with E-state index in [-0.39, 0.29) is 6.04 Å². The lowest BCUT2D eigenvalue weighted by Gasteiger charge is -2.13. The maximum atomic E-state index is 5.85. The molecule has 0 bridgehead atoms. The summed E-state index contributed by atoms with van der Waals surface area (Å²) in [6.45, 7) is 0. The van der Waals surface area contributed by atoms with Crippen LogP contribution in [0.5, 0.6) is 0 Å². The van der Waals surface area contributed by atoms with E-state index in [1.807, 2.05) is 13.1 Å². The summed E-state index contributed by atoms with van der Waals surface area (Å²) in [7, 11) is 1.97. The van der Waals surface area contributed by atoms with Crippen LogP contribution in [0, 0.1) is 5.92 Å². The summed E-state index contributed by atoms with van der Waals surface area (Å²) < 4.78 is 5.52. The van der Waals surface area contributed by atoms with E-state index < -0.39 is 0 Å². The number of nitrogens with one attached hydrogen (secondary N) is 1. The van der Waals surface area contributed by atoms with Crippen LogP contribution in [0.3, 0.4) is 0 Å². The third kappa shape index (κ3) is 2.18. The topological polar surface area (TPSA) is 25.2 Å². The third-order valence-electron chi connectivity index (χ3n) is 3.71. The number of furan rings is 1. The van der Waals surface area contributed by atoms with Crippen molar-refractivity contribution in [1.82, 2.24) is 5.32 Å². The van der Waals surface area contributed by atoms with Gasteiger partial charge in [-0.1, -0.05) is 30.3 Å². The highest BCUT2D eigenvalue weighted by Crippen LogP contribution is 2.54. The average Bonchev–Trinajstić information content (AvgIpc) is 3.07. The van der Waals surface area contributed by atoms with Crippen molar-refractivity contribution >= 4 is 11.6 Å². The van der Waals surface area contributed by atoms with Crippen molar-refractivity contribution in [2.75, 3.05) is 7.05 Å². The standard InChI is InChI=1S/C15H16ClNO/c1-17-15(13-7-8-14(16)18-13)12-9-11(12)10-5-3-2-4-6-10/h2-8,11-12,15,17H,9H2,1H3. The highest BCUT2D eigenvalue weighted by atomic mass is 35.5. The summed E-state index contributed by atoms with van der Waals surface area (Å²) in [6.07, 6.45) is 1.20. The summed E-state index contributed by atoms with van der Waals surface area (Å²) in [5.41, 5.74) is 1.42. The van der Waals surface area contributed by atoms with E-state index in [4.69, 9.17) is 16.0 Å². The molecular weight excluding hydrogens is 246 g/mol. The first kappa shape index (κ1) is 11.8. The molecule has 3 unspecified atom stereocenters. The second-order valence-electron chi connectivity index (χ2n) is 4.82. The fourth-order valence-electron chi connectivity index (χ4n) is 2.73. The lowest BCUT2D eigenvalue weighted by Crippen LogP contribution is -2.18. The SMILES string of the molecule is CNC(c1ccc(Cl)o1)C1CC1c1ccccc1. The van der Waals surface area contributed by atoms with Crippen LogP contribution in [0.1, 0.15) is 29.7 Å². The van der Waals surface area contributed by atoms with Gasteiger partial charge in [-0.2, -0.15) is 0 Å². The van der Waals surface area contributed by atoms with Gasteiger partial charge in [-0.3, -0.25) is 0 Å². The number of halogens is 1. The van der Waals surface area contributed by atoms with Gasteiger partial charge < -0.3 is 9.73 Å². The van der Waals surface area contributed by atoms with E-state index in [0.717, 1.165) is 5.76 Å². The third-order valence-corrected chi connectivity index (χ3v) is 3.91. The predicted octanol–water partition coefficient (Wildman–Crippen LogP) is 4.00. The number of rotatable bonds is 4. The van der Waals surface area contributed by atoms with Gasteiger partial charge in [0.15, 0.2) is 5.22 Å². The van der Waals surface area contributed by atoms with E-state index >= 15 is 0 Å². The molecule has 0 spiro atoms. The van der Waals surface area contributed by atoms with Crippen LogP contribution >= 0.6 is 11.6 Å². The summed E-state index contributed by atoms with van der Waals surface area (Å²) >= 11 is 5.85. The molecular formula is C15H16ClNO. The molecule has 3 atom stereocenters. The lowest BCUT2D eigenvalue weighted by molar-refractivity contribution is 0.399. The Kier molecular flexibility index (Phi) is 3.14. The van der Waals surface area contributed by atoms with Gasteiger partial charge in [0.2, 0.25) is 0 Å². The Morgan fingerprint density at radius 2 is 2.00 bits per heavy atom. The van der Waals surface area contributed by atoms with E-state index in [9.17, 15) is 0 Å². The van der Waals surface area contributed by atoms with Crippen molar-refractivity contribution in [3.63, 3.8) is 0 Å². The molecule has 2 nitrogen and oxygen atoms in total. The Labute approximate surface area is 112 Å². The zero-order chi connectivity index (χ0) is 12.5. The molecule has 1 saturated carbocycles. The number of hydrogen-bond donors (Lipinski definition) is 1. The van der Waals surface area contributed by atoms with Crippen LogP contribution in [0.4, 0.5) is 0 Å². The van der Waals surface area contributed by atoms with Crippen molar-refractivity contribution in [3.05, 3.63) is 59.0 Å². The molecule has 3 rings (SSSR count).